The lowest BCUT2D eigenvalue weighted by Gasteiger charge is -2.37. The second-order valence-corrected chi connectivity index (χ2v) is 10.0. The molecule has 30 heavy (non-hydrogen) atoms. The van der Waals surface area contributed by atoms with Crippen LogP contribution in [0.5, 0.6) is 0 Å². The molecule has 1 aliphatic carbocycles. The van der Waals surface area contributed by atoms with Crippen LogP contribution in [0.2, 0.25) is 0 Å². The molecule has 0 spiro atoms. The van der Waals surface area contributed by atoms with Gasteiger partial charge in [-0.3, -0.25) is 9.59 Å². The molecule has 0 unspecified atom stereocenters. The number of hydrogen-bond donors (Lipinski definition) is 0. The van der Waals surface area contributed by atoms with Crippen LogP contribution in [0.3, 0.4) is 0 Å². The predicted octanol–water partition coefficient (Wildman–Crippen LogP) is 5.88. The van der Waals surface area contributed by atoms with E-state index in [4.69, 9.17) is 14.5 Å². The fourth-order valence-electron chi connectivity index (χ4n) is 4.57. The number of methoxy groups -OCH3 is 1. The first-order valence-electron chi connectivity index (χ1n) is 11.3. The van der Waals surface area contributed by atoms with Gasteiger partial charge in [0.1, 0.15) is 11.7 Å². The van der Waals surface area contributed by atoms with Crippen molar-refractivity contribution in [3.63, 3.8) is 0 Å². The second kappa shape index (κ2) is 10.2. The Morgan fingerprint density at radius 1 is 1.30 bits per heavy atom. The Morgan fingerprint density at radius 2 is 2.00 bits per heavy atom. The zero-order chi connectivity index (χ0) is 22.5. The number of carbonyl (C=O) groups excluding carboxylic acids is 2. The van der Waals surface area contributed by atoms with Gasteiger partial charge in [-0.2, -0.15) is 0 Å². The van der Waals surface area contributed by atoms with Crippen LogP contribution < -0.4 is 0 Å². The number of Topliss-reactive ketones (excluding diaryl/α,β-unsaturated/α-hetero) is 1. The lowest BCUT2D eigenvalue weighted by atomic mass is 9.70. The molecule has 170 valence electrons. The Labute approximate surface area is 182 Å². The van der Waals surface area contributed by atoms with Gasteiger partial charge in [0, 0.05) is 6.42 Å². The molecule has 2 aliphatic rings. The van der Waals surface area contributed by atoms with Crippen molar-refractivity contribution in [3.8, 4) is 0 Å². The van der Waals surface area contributed by atoms with E-state index >= 15 is 0 Å². The van der Waals surface area contributed by atoms with Gasteiger partial charge in [-0.1, -0.05) is 31.1 Å². The van der Waals surface area contributed by atoms with Crippen molar-refractivity contribution < 1.29 is 24.1 Å². The number of allylic oxidation sites excluding steroid dienone is 4. The summed E-state index contributed by atoms with van der Waals surface area (Å²) < 4.78 is 4.80. The third-order valence-electron chi connectivity index (χ3n) is 7.06. The van der Waals surface area contributed by atoms with Gasteiger partial charge >= 0.3 is 5.97 Å². The van der Waals surface area contributed by atoms with Crippen molar-refractivity contribution in [1.29, 1.82) is 0 Å². The topological polar surface area (TPSA) is 61.8 Å². The van der Waals surface area contributed by atoms with E-state index in [2.05, 4.69) is 33.8 Å². The minimum absolute atomic E-state index is 0.122. The second-order valence-electron chi connectivity index (χ2n) is 10.0. The molecule has 2 rings (SSSR count). The van der Waals surface area contributed by atoms with E-state index in [9.17, 15) is 9.59 Å². The molecule has 0 bridgehead atoms. The zero-order valence-corrected chi connectivity index (χ0v) is 19.9. The van der Waals surface area contributed by atoms with Gasteiger partial charge in [-0.15, -0.1) is 0 Å². The van der Waals surface area contributed by atoms with Gasteiger partial charge in [0.15, 0.2) is 5.78 Å². The number of esters is 1. The summed E-state index contributed by atoms with van der Waals surface area (Å²) in [6, 6.07) is 0. The Bertz CT molecular complexity index is 692. The van der Waals surface area contributed by atoms with Gasteiger partial charge < -0.3 is 4.74 Å². The first kappa shape index (κ1) is 24.8. The molecule has 0 aromatic rings. The molecule has 5 nitrogen and oxygen atoms in total. The van der Waals surface area contributed by atoms with Crippen molar-refractivity contribution in [1.82, 2.24) is 0 Å². The molecule has 1 aliphatic heterocycles. The summed E-state index contributed by atoms with van der Waals surface area (Å²) in [5.41, 5.74) is 3.45. The van der Waals surface area contributed by atoms with E-state index in [0.29, 0.717) is 12.2 Å². The summed E-state index contributed by atoms with van der Waals surface area (Å²) in [7, 11) is 1.40. The van der Waals surface area contributed by atoms with Crippen LogP contribution in [0.4, 0.5) is 0 Å². The lowest BCUT2D eigenvalue weighted by Crippen LogP contribution is -2.41. The fraction of sp³-hybridized carbons (Fsp3) is 0.760. The summed E-state index contributed by atoms with van der Waals surface area (Å²) in [4.78, 5) is 35.1. The summed E-state index contributed by atoms with van der Waals surface area (Å²) in [6.07, 6.45) is 9.03. The van der Waals surface area contributed by atoms with Crippen molar-refractivity contribution >= 4 is 11.8 Å². The molecule has 0 radical (unpaired) electrons. The summed E-state index contributed by atoms with van der Waals surface area (Å²) in [6.45, 7) is 12.6. The van der Waals surface area contributed by atoms with Crippen LogP contribution in [-0.2, 0) is 24.1 Å². The van der Waals surface area contributed by atoms with Crippen molar-refractivity contribution in [2.75, 3.05) is 7.11 Å². The molecule has 0 amide bonds. The number of rotatable bonds is 8. The molecule has 3 atom stereocenters. The smallest absolute Gasteiger partial charge is 0.311 e. The Hall–Kier alpha value is -1.46. The fourth-order valence-corrected chi connectivity index (χ4v) is 4.57. The molecule has 0 aromatic heterocycles. The third kappa shape index (κ3) is 6.27. The Kier molecular flexibility index (Phi) is 8.46. The van der Waals surface area contributed by atoms with E-state index in [1.165, 1.54) is 18.3 Å². The molecular weight excluding hydrogens is 380 g/mol. The predicted molar refractivity (Wildman–Crippen MR) is 118 cm³/mol. The lowest BCUT2D eigenvalue weighted by molar-refractivity contribution is -0.411. The minimum Gasteiger partial charge on any atom is -0.469 e. The summed E-state index contributed by atoms with van der Waals surface area (Å²) in [5, 5.41) is 0. The van der Waals surface area contributed by atoms with Gasteiger partial charge in [0.2, 0.25) is 0 Å². The molecule has 1 saturated heterocycles. The van der Waals surface area contributed by atoms with Gasteiger partial charge in [-0.05, 0) is 83.6 Å². The van der Waals surface area contributed by atoms with Crippen LogP contribution in [-0.4, -0.2) is 30.6 Å². The van der Waals surface area contributed by atoms with Crippen LogP contribution in [0.25, 0.3) is 0 Å². The van der Waals surface area contributed by atoms with Crippen LogP contribution in [0.15, 0.2) is 22.8 Å². The maximum atomic E-state index is 12.1. The highest BCUT2D eigenvalue weighted by molar-refractivity contribution is 5.96. The van der Waals surface area contributed by atoms with E-state index in [-0.39, 0.29) is 29.0 Å². The molecule has 1 heterocycles. The van der Waals surface area contributed by atoms with Crippen LogP contribution in [0, 0.1) is 11.3 Å². The number of hydrogen-bond acceptors (Lipinski definition) is 5. The number of carbonyl (C=O) groups is 2. The van der Waals surface area contributed by atoms with Gasteiger partial charge in [0.25, 0.3) is 0 Å². The first-order valence-corrected chi connectivity index (χ1v) is 11.3. The average molecular weight is 421 g/mol. The first-order chi connectivity index (χ1) is 14.0. The highest BCUT2D eigenvalue weighted by atomic mass is 17.2. The van der Waals surface area contributed by atoms with E-state index in [1.807, 2.05) is 13.8 Å². The highest BCUT2D eigenvalue weighted by Gasteiger charge is 2.38. The van der Waals surface area contributed by atoms with Crippen LogP contribution in [0.1, 0.15) is 92.9 Å². The van der Waals surface area contributed by atoms with Crippen molar-refractivity contribution in [2.24, 2.45) is 11.3 Å². The molecular formula is C25H40O5. The average Bonchev–Trinajstić information content (AvgIpc) is 2.70. The third-order valence-corrected chi connectivity index (χ3v) is 7.06. The van der Waals surface area contributed by atoms with Crippen LogP contribution >= 0.6 is 0 Å². The van der Waals surface area contributed by atoms with E-state index < -0.39 is 0 Å². The summed E-state index contributed by atoms with van der Waals surface area (Å²) >= 11 is 0. The van der Waals surface area contributed by atoms with E-state index in [1.54, 1.807) is 0 Å². The Balaban J connectivity index is 1.82. The van der Waals surface area contributed by atoms with Crippen molar-refractivity contribution in [3.05, 3.63) is 22.8 Å². The zero-order valence-electron chi connectivity index (χ0n) is 19.9. The standard InChI is InChI=1S/C25H40O5/c1-17(10-11-20-18(2)21(26)12-15-24(20,4)5)9-8-14-25(6)16-13-22(29-30-25)19(3)23(27)28-7/h9,19,22H,8,10-16H2,1-7H3/b17-9+/t19-,22-,25-/m0/s1. The molecule has 1 fully saturated rings. The Morgan fingerprint density at radius 3 is 2.60 bits per heavy atom. The highest BCUT2D eigenvalue weighted by Crippen LogP contribution is 2.41. The normalized spacial score (nSPS) is 28.4. The van der Waals surface area contributed by atoms with E-state index in [0.717, 1.165) is 50.5 Å². The molecule has 0 saturated carbocycles. The summed E-state index contributed by atoms with van der Waals surface area (Å²) in [5.74, 6) is -0.275. The SMILES string of the molecule is COC(=O)[C@@H](C)[C@@H]1CC[C@](C)(CC/C=C(\C)CCC2=C(C)C(=O)CCC2(C)C)OO1. The number of ether oxygens (including phenoxy) is 1. The maximum Gasteiger partial charge on any atom is 0.311 e. The molecule has 0 aromatic carbocycles. The minimum atomic E-state index is -0.333. The molecule has 5 heteroatoms. The number of ketones is 1. The van der Waals surface area contributed by atoms with Gasteiger partial charge in [0.05, 0.1) is 13.0 Å². The quantitative estimate of drug-likeness (QED) is 0.279. The monoisotopic (exact) mass is 420 g/mol. The van der Waals surface area contributed by atoms with Crippen molar-refractivity contribution in [2.45, 2.75) is 105 Å². The molecule has 0 N–H and O–H groups in total. The van der Waals surface area contributed by atoms with Gasteiger partial charge in [-0.25, -0.2) is 9.78 Å². The largest absolute Gasteiger partial charge is 0.469 e. The maximum absolute atomic E-state index is 12.1.